The smallest absolute Gasteiger partial charge is 0.317 e. The summed E-state index contributed by atoms with van der Waals surface area (Å²) in [7, 11) is 1.55. The van der Waals surface area contributed by atoms with Crippen LogP contribution in [0.25, 0.3) is 0 Å². The lowest BCUT2D eigenvalue weighted by atomic mass is 9.99. The fourth-order valence-electron chi connectivity index (χ4n) is 3.44. The molecule has 4 rings (SSSR count). The molecule has 0 radical (unpaired) electrons. The van der Waals surface area contributed by atoms with E-state index in [0.29, 0.717) is 30.8 Å². The number of amides is 3. The SMILES string of the molecule is CC1Cc2nn3c(c2CN1C(=O)Nc1ccnc(Br)c1F)C(=O)N(C)OCC3. The lowest BCUT2D eigenvalue weighted by molar-refractivity contribution is -0.103. The quantitative estimate of drug-likeness (QED) is 0.669. The van der Waals surface area contributed by atoms with E-state index >= 15 is 0 Å². The van der Waals surface area contributed by atoms with Crippen molar-refractivity contribution >= 4 is 33.6 Å². The van der Waals surface area contributed by atoms with Crippen LogP contribution in [0.5, 0.6) is 0 Å². The Balaban J connectivity index is 1.62. The zero-order valence-corrected chi connectivity index (χ0v) is 16.9. The van der Waals surface area contributed by atoms with Crippen molar-refractivity contribution in [2.75, 3.05) is 19.0 Å². The van der Waals surface area contributed by atoms with Crippen LogP contribution < -0.4 is 5.32 Å². The van der Waals surface area contributed by atoms with E-state index in [9.17, 15) is 14.0 Å². The van der Waals surface area contributed by atoms with Gasteiger partial charge in [-0.2, -0.15) is 5.10 Å². The predicted octanol–water partition coefficient (Wildman–Crippen LogP) is 2.18. The van der Waals surface area contributed by atoms with Crippen LogP contribution in [0.4, 0.5) is 14.9 Å². The maximum absolute atomic E-state index is 14.2. The molecule has 0 bridgehead atoms. The van der Waals surface area contributed by atoms with Gasteiger partial charge in [-0.05, 0) is 28.9 Å². The fraction of sp³-hybridized carbons (Fsp3) is 0.412. The Morgan fingerprint density at radius 2 is 2.25 bits per heavy atom. The van der Waals surface area contributed by atoms with Crippen molar-refractivity contribution in [1.82, 2.24) is 24.7 Å². The van der Waals surface area contributed by atoms with Crippen molar-refractivity contribution in [2.45, 2.75) is 32.5 Å². The van der Waals surface area contributed by atoms with Gasteiger partial charge in [0.2, 0.25) is 0 Å². The van der Waals surface area contributed by atoms with Gasteiger partial charge in [0.05, 0.1) is 31.1 Å². The number of hydroxylamine groups is 2. The third kappa shape index (κ3) is 3.14. The number of aromatic nitrogens is 3. The lowest BCUT2D eigenvalue weighted by Crippen LogP contribution is -2.45. The van der Waals surface area contributed by atoms with Crippen molar-refractivity contribution in [3.63, 3.8) is 0 Å². The van der Waals surface area contributed by atoms with Gasteiger partial charge in [0.25, 0.3) is 5.91 Å². The Morgan fingerprint density at radius 3 is 3.04 bits per heavy atom. The second kappa shape index (κ2) is 7.13. The number of fused-ring (bicyclic) bond motifs is 3. The molecular weight excluding hydrogens is 435 g/mol. The van der Waals surface area contributed by atoms with Crippen LogP contribution in [0, 0.1) is 5.82 Å². The van der Waals surface area contributed by atoms with E-state index in [2.05, 4.69) is 31.3 Å². The van der Waals surface area contributed by atoms with Gasteiger partial charge in [-0.3, -0.25) is 14.3 Å². The molecular formula is C17H18BrFN6O3. The molecule has 0 fully saturated rings. The first kappa shape index (κ1) is 18.8. The molecule has 3 amide bonds. The minimum Gasteiger partial charge on any atom is -0.317 e. The first-order valence-corrected chi connectivity index (χ1v) is 9.53. The normalized spacial score (nSPS) is 19.1. The van der Waals surface area contributed by atoms with Gasteiger partial charge in [-0.15, -0.1) is 0 Å². The van der Waals surface area contributed by atoms with E-state index in [-0.39, 0.29) is 28.8 Å². The van der Waals surface area contributed by atoms with Crippen molar-refractivity contribution in [3.8, 4) is 0 Å². The standard InChI is InChI=1S/C17H18BrFN6O3/c1-9-7-12-10(14-16(26)23(2)28-6-5-25(14)22-12)8-24(9)17(27)21-11-3-4-20-15(18)13(11)19/h3-4,9H,5-8H2,1-2H3,(H,20,21,27). The average molecular weight is 453 g/mol. The highest BCUT2D eigenvalue weighted by molar-refractivity contribution is 9.10. The highest BCUT2D eigenvalue weighted by Gasteiger charge is 2.36. The largest absolute Gasteiger partial charge is 0.322 e. The number of halogens is 2. The minimum absolute atomic E-state index is 0.0230. The van der Waals surface area contributed by atoms with Gasteiger partial charge < -0.3 is 10.2 Å². The summed E-state index contributed by atoms with van der Waals surface area (Å²) in [6.45, 7) is 2.88. The number of carbonyl (C=O) groups is 2. The second-order valence-electron chi connectivity index (χ2n) is 6.71. The number of nitrogens with one attached hydrogen (secondary N) is 1. The van der Waals surface area contributed by atoms with Crippen LogP contribution in [-0.4, -0.2) is 56.4 Å². The minimum atomic E-state index is -0.644. The van der Waals surface area contributed by atoms with Crippen molar-refractivity contribution in [1.29, 1.82) is 0 Å². The first-order chi connectivity index (χ1) is 13.4. The predicted molar refractivity (Wildman–Crippen MR) is 99.9 cm³/mol. The Labute approximate surface area is 168 Å². The molecule has 4 heterocycles. The average Bonchev–Trinajstić information content (AvgIpc) is 2.93. The van der Waals surface area contributed by atoms with Crippen LogP contribution in [-0.2, 0) is 24.3 Å². The number of anilines is 1. The van der Waals surface area contributed by atoms with E-state index in [0.717, 1.165) is 5.69 Å². The molecule has 2 aromatic heterocycles. The third-order valence-corrected chi connectivity index (χ3v) is 5.46. The van der Waals surface area contributed by atoms with Gasteiger partial charge in [0.1, 0.15) is 10.3 Å². The highest BCUT2D eigenvalue weighted by atomic mass is 79.9. The maximum atomic E-state index is 14.2. The molecule has 1 atom stereocenters. The molecule has 2 aliphatic rings. The highest BCUT2D eigenvalue weighted by Crippen LogP contribution is 2.29. The number of rotatable bonds is 1. The molecule has 28 heavy (non-hydrogen) atoms. The summed E-state index contributed by atoms with van der Waals surface area (Å²) in [5.41, 5.74) is 1.96. The zero-order valence-electron chi connectivity index (χ0n) is 15.3. The Bertz CT molecular complexity index is 965. The van der Waals surface area contributed by atoms with Crippen LogP contribution in [0.1, 0.15) is 28.7 Å². The molecule has 2 aromatic rings. The Kier molecular flexibility index (Phi) is 4.79. The maximum Gasteiger partial charge on any atom is 0.322 e. The summed E-state index contributed by atoms with van der Waals surface area (Å²) in [6, 6.07) is 0.768. The summed E-state index contributed by atoms with van der Waals surface area (Å²) in [5, 5.41) is 8.32. The van der Waals surface area contributed by atoms with Crippen molar-refractivity contribution < 1.29 is 18.8 Å². The molecule has 0 saturated heterocycles. The molecule has 148 valence electrons. The monoisotopic (exact) mass is 452 g/mol. The molecule has 0 saturated carbocycles. The number of urea groups is 1. The Hall–Kier alpha value is -2.53. The molecule has 0 aromatic carbocycles. The fourth-order valence-corrected chi connectivity index (χ4v) is 3.77. The summed E-state index contributed by atoms with van der Waals surface area (Å²) in [4.78, 5) is 36.2. The van der Waals surface area contributed by atoms with E-state index in [1.54, 1.807) is 16.6 Å². The van der Waals surface area contributed by atoms with Gasteiger partial charge in [0, 0.05) is 31.3 Å². The van der Waals surface area contributed by atoms with Crippen LogP contribution in [0.15, 0.2) is 16.9 Å². The molecule has 1 unspecified atom stereocenters. The van der Waals surface area contributed by atoms with Crippen LogP contribution >= 0.6 is 15.9 Å². The summed E-state index contributed by atoms with van der Waals surface area (Å²) < 4.78 is 15.8. The van der Waals surface area contributed by atoms with Gasteiger partial charge in [-0.1, -0.05) is 0 Å². The van der Waals surface area contributed by atoms with Gasteiger partial charge >= 0.3 is 6.03 Å². The number of hydrogen-bond acceptors (Lipinski definition) is 5. The summed E-state index contributed by atoms with van der Waals surface area (Å²) in [5.74, 6) is -0.945. The molecule has 11 heteroatoms. The summed E-state index contributed by atoms with van der Waals surface area (Å²) in [6.07, 6.45) is 1.90. The van der Waals surface area contributed by atoms with E-state index in [1.807, 2.05) is 6.92 Å². The van der Waals surface area contributed by atoms with E-state index < -0.39 is 11.8 Å². The van der Waals surface area contributed by atoms with Gasteiger partial charge in [0.15, 0.2) is 5.82 Å². The molecule has 0 aliphatic carbocycles. The molecule has 1 N–H and O–H groups in total. The first-order valence-electron chi connectivity index (χ1n) is 8.74. The third-order valence-electron chi connectivity index (χ3n) is 4.91. The number of hydrogen-bond donors (Lipinski definition) is 1. The van der Waals surface area contributed by atoms with Crippen molar-refractivity contribution in [2.24, 2.45) is 0 Å². The van der Waals surface area contributed by atoms with Crippen molar-refractivity contribution in [3.05, 3.63) is 39.6 Å². The topological polar surface area (TPSA) is 92.6 Å². The van der Waals surface area contributed by atoms with E-state index in [1.165, 1.54) is 17.3 Å². The molecule has 2 aliphatic heterocycles. The van der Waals surface area contributed by atoms with Gasteiger partial charge in [-0.25, -0.2) is 19.2 Å². The molecule has 0 spiro atoms. The van der Waals surface area contributed by atoms with Crippen LogP contribution in [0.3, 0.4) is 0 Å². The molecule has 9 nitrogen and oxygen atoms in total. The number of nitrogens with zero attached hydrogens (tertiary/aromatic N) is 5. The zero-order chi connectivity index (χ0) is 20.0. The van der Waals surface area contributed by atoms with E-state index in [4.69, 9.17) is 4.84 Å². The summed E-state index contributed by atoms with van der Waals surface area (Å²) >= 11 is 3.00. The number of carbonyl (C=O) groups excluding carboxylic acids is 2. The number of pyridine rings is 1. The van der Waals surface area contributed by atoms with Crippen LogP contribution in [0.2, 0.25) is 0 Å². The Morgan fingerprint density at radius 1 is 1.46 bits per heavy atom. The second-order valence-corrected chi connectivity index (χ2v) is 7.46. The lowest BCUT2D eigenvalue weighted by Gasteiger charge is -2.33.